The fourth-order valence-electron chi connectivity index (χ4n) is 3.38. The van der Waals surface area contributed by atoms with E-state index in [9.17, 15) is 9.59 Å². The molecule has 3 aromatic carbocycles. The Labute approximate surface area is 195 Å². The molecular weight excluding hydrogens is 438 g/mol. The Hall–Kier alpha value is -3.78. The van der Waals surface area contributed by atoms with Crippen molar-refractivity contribution >= 4 is 28.6 Å². The van der Waals surface area contributed by atoms with Crippen molar-refractivity contribution in [2.24, 2.45) is 0 Å². The van der Waals surface area contributed by atoms with Gasteiger partial charge < -0.3 is 14.8 Å². The molecule has 0 spiro atoms. The van der Waals surface area contributed by atoms with E-state index in [1.165, 1.54) is 23.4 Å². The van der Waals surface area contributed by atoms with Gasteiger partial charge in [-0.15, -0.1) is 0 Å². The maximum Gasteiger partial charge on any atom is 0.266 e. The van der Waals surface area contributed by atoms with E-state index in [-0.39, 0.29) is 17.2 Å². The molecule has 1 aromatic heterocycles. The zero-order chi connectivity index (χ0) is 23.2. The second-order valence-electron chi connectivity index (χ2n) is 7.14. The molecule has 0 aliphatic heterocycles. The first-order chi connectivity index (χ1) is 16.1. The SMILES string of the molecule is COc1ccc(-n2c(SCC(=O)NCc3ccccc3)nc3ccccc3c2=O)cc1OC. The highest BCUT2D eigenvalue weighted by molar-refractivity contribution is 7.99. The van der Waals surface area contributed by atoms with E-state index >= 15 is 0 Å². The van der Waals surface area contributed by atoms with Crippen LogP contribution in [0.5, 0.6) is 11.5 Å². The molecule has 0 saturated carbocycles. The molecule has 4 aromatic rings. The zero-order valence-electron chi connectivity index (χ0n) is 18.3. The van der Waals surface area contributed by atoms with Crippen molar-refractivity contribution in [1.82, 2.24) is 14.9 Å². The first-order valence-corrected chi connectivity index (χ1v) is 11.3. The Morgan fingerprint density at radius 2 is 1.70 bits per heavy atom. The Bertz CT molecular complexity index is 1340. The smallest absolute Gasteiger partial charge is 0.266 e. The molecule has 1 heterocycles. The van der Waals surface area contributed by atoms with Crippen LogP contribution in [0.4, 0.5) is 0 Å². The van der Waals surface area contributed by atoms with Gasteiger partial charge in [0.1, 0.15) is 0 Å². The highest BCUT2D eigenvalue weighted by Gasteiger charge is 2.16. The number of carbonyl (C=O) groups is 1. The number of carbonyl (C=O) groups excluding carboxylic acids is 1. The summed E-state index contributed by atoms with van der Waals surface area (Å²) in [6.45, 7) is 0.438. The molecule has 8 heteroatoms. The number of hydrogen-bond acceptors (Lipinski definition) is 6. The van der Waals surface area contributed by atoms with Crippen LogP contribution in [0.25, 0.3) is 16.6 Å². The Kier molecular flexibility index (Phi) is 6.95. The number of nitrogens with zero attached hydrogens (tertiary/aromatic N) is 2. The van der Waals surface area contributed by atoms with Gasteiger partial charge in [0.2, 0.25) is 5.91 Å². The zero-order valence-corrected chi connectivity index (χ0v) is 19.1. The third-order valence-electron chi connectivity index (χ3n) is 5.04. The largest absolute Gasteiger partial charge is 0.493 e. The van der Waals surface area contributed by atoms with Crippen LogP contribution in [0, 0.1) is 0 Å². The number of hydrogen-bond donors (Lipinski definition) is 1. The molecule has 1 N–H and O–H groups in total. The molecule has 0 unspecified atom stereocenters. The second-order valence-corrected chi connectivity index (χ2v) is 8.08. The molecule has 7 nitrogen and oxygen atoms in total. The van der Waals surface area contributed by atoms with E-state index in [1.54, 1.807) is 43.5 Å². The predicted octanol–water partition coefficient (Wildman–Crippen LogP) is 3.81. The second kappa shape index (κ2) is 10.2. The number of rotatable bonds is 8. The maximum atomic E-state index is 13.4. The average Bonchev–Trinajstić information content (AvgIpc) is 2.86. The van der Waals surface area contributed by atoms with Gasteiger partial charge in [-0.05, 0) is 29.8 Å². The molecule has 0 aliphatic rings. The topological polar surface area (TPSA) is 82.5 Å². The number of methoxy groups -OCH3 is 2. The summed E-state index contributed by atoms with van der Waals surface area (Å²) in [4.78, 5) is 30.6. The molecule has 0 bridgehead atoms. The van der Waals surface area contributed by atoms with Crippen LogP contribution in [0.2, 0.25) is 0 Å². The molecule has 168 valence electrons. The molecule has 0 radical (unpaired) electrons. The van der Waals surface area contributed by atoms with Crippen molar-refractivity contribution in [3.8, 4) is 17.2 Å². The molecule has 0 aliphatic carbocycles. The van der Waals surface area contributed by atoms with Crippen LogP contribution >= 0.6 is 11.8 Å². The Morgan fingerprint density at radius 3 is 2.45 bits per heavy atom. The summed E-state index contributed by atoms with van der Waals surface area (Å²) in [7, 11) is 3.09. The third-order valence-corrected chi connectivity index (χ3v) is 5.97. The average molecular weight is 462 g/mol. The number of para-hydroxylation sites is 1. The molecular formula is C25H23N3O4S. The van der Waals surface area contributed by atoms with Crippen LogP contribution in [-0.4, -0.2) is 35.4 Å². The van der Waals surface area contributed by atoms with Crippen LogP contribution in [-0.2, 0) is 11.3 Å². The molecule has 0 fully saturated rings. The normalized spacial score (nSPS) is 10.7. The van der Waals surface area contributed by atoms with Gasteiger partial charge in [0.25, 0.3) is 5.56 Å². The number of benzene rings is 3. The highest BCUT2D eigenvalue weighted by atomic mass is 32.2. The maximum absolute atomic E-state index is 13.4. The monoisotopic (exact) mass is 461 g/mol. The Morgan fingerprint density at radius 1 is 0.970 bits per heavy atom. The van der Waals surface area contributed by atoms with Crippen LogP contribution < -0.4 is 20.3 Å². The fourth-order valence-corrected chi connectivity index (χ4v) is 4.22. The minimum Gasteiger partial charge on any atom is -0.493 e. The summed E-state index contributed by atoms with van der Waals surface area (Å²) >= 11 is 1.21. The number of ether oxygens (including phenoxy) is 2. The summed E-state index contributed by atoms with van der Waals surface area (Å²) < 4.78 is 12.2. The van der Waals surface area contributed by atoms with E-state index in [0.717, 1.165) is 5.56 Å². The number of thioether (sulfide) groups is 1. The van der Waals surface area contributed by atoms with Gasteiger partial charge in [0.15, 0.2) is 16.7 Å². The molecule has 0 atom stereocenters. The summed E-state index contributed by atoms with van der Waals surface area (Å²) in [6.07, 6.45) is 0. The van der Waals surface area contributed by atoms with Crippen molar-refractivity contribution in [2.75, 3.05) is 20.0 Å². The van der Waals surface area contributed by atoms with E-state index in [2.05, 4.69) is 10.3 Å². The van der Waals surface area contributed by atoms with Crippen molar-refractivity contribution in [1.29, 1.82) is 0 Å². The molecule has 4 rings (SSSR count). The lowest BCUT2D eigenvalue weighted by Gasteiger charge is -2.15. The van der Waals surface area contributed by atoms with Crippen LogP contribution in [0.15, 0.2) is 82.7 Å². The predicted molar refractivity (Wildman–Crippen MR) is 129 cm³/mol. The van der Waals surface area contributed by atoms with E-state index in [0.29, 0.717) is 39.8 Å². The summed E-state index contributed by atoms with van der Waals surface area (Å²) in [5.41, 5.74) is 1.94. The minimum atomic E-state index is -0.222. The number of nitrogens with one attached hydrogen (secondary N) is 1. The van der Waals surface area contributed by atoms with E-state index < -0.39 is 0 Å². The number of aromatic nitrogens is 2. The molecule has 1 amide bonds. The summed E-state index contributed by atoms with van der Waals surface area (Å²) in [5, 5.41) is 3.81. The first kappa shape index (κ1) is 22.4. The molecule has 33 heavy (non-hydrogen) atoms. The van der Waals surface area contributed by atoms with Gasteiger partial charge in [-0.25, -0.2) is 4.98 Å². The summed E-state index contributed by atoms with van der Waals surface area (Å²) in [6, 6.07) is 22.1. The number of fused-ring (bicyclic) bond motifs is 1. The Balaban J connectivity index is 1.65. The van der Waals surface area contributed by atoms with E-state index in [1.807, 2.05) is 36.4 Å². The van der Waals surface area contributed by atoms with E-state index in [4.69, 9.17) is 9.47 Å². The first-order valence-electron chi connectivity index (χ1n) is 10.3. The quantitative estimate of drug-likeness (QED) is 0.317. The van der Waals surface area contributed by atoms with Crippen molar-refractivity contribution in [3.63, 3.8) is 0 Å². The van der Waals surface area contributed by atoms with Gasteiger partial charge in [-0.2, -0.15) is 0 Å². The summed E-state index contributed by atoms with van der Waals surface area (Å²) in [5.74, 6) is 1.01. The van der Waals surface area contributed by atoms with Gasteiger partial charge in [0, 0.05) is 12.6 Å². The van der Waals surface area contributed by atoms with Gasteiger partial charge in [-0.1, -0.05) is 54.2 Å². The van der Waals surface area contributed by atoms with Crippen LogP contribution in [0.3, 0.4) is 0 Å². The fraction of sp³-hybridized carbons (Fsp3) is 0.160. The lowest BCUT2D eigenvalue weighted by molar-refractivity contribution is -0.118. The van der Waals surface area contributed by atoms with Crippen molar-refractivity contribution in [3.05, 3.63) is 88.7 Å². The minimum absolute atomic E-state index is 0.116. The van der Waals surface area contributed by atoms with Crippen molar-refractivity contribution < 1.29 is 14.3 Å². The third kappa shape index (κ3) is 5.01. The number of amides is 1. The van der Waals surface area contributed by atoms with Gasteiger partial charge in [-0.3, -0.25) is 14.2 Å². The standard InChI is InChI=1S/C25H23N3O4S/c1-31-21-13-12-18(14-22(21)32-2)28-24(30)19-10-6-7-11-20(19)27-25(28)33-16-23(29)26-15-17-8-4-3-5-9-17/h3-14H,15-16H2,1-2H3,(H,26,29). The lowest BCUT2D eigenvalue weighted by Crippen LogP contribution is -2.26. The highest BCUT2D eigenvalue weighted by Crippen LogP contribution is 2.30. The molecule has 0 saturated heterocycles. The van der Waals surface area contributed by atoms with Crippen molar-refractivity contribution in [2.45, 2.75) is 11.7 Å². The van der Waals surface area contributed by atoms with Gasteiger partial charge in [0.05, 0.1) is 36.6 Å². The van der Waals surface area contributed by atoms with Crippen LogP contribution in [0.1, 0.15) is 5.56 Å². The lowest BCUT2D eigenvalue weighted by atomic mass is 10.2. The van der Waals surface area contributed by atoms with Gasteiger partial charge >= 0.3 is 0 Å².